The quantitative estimate of drug-likeness (QED) is 0.167. The van der Waals surface area contributed by atoms with E-state index in [0.717, 1.165) is 32.7 Å². The van der Waals surface area contributed by atoms with Crippen molar-refractivity contribution in [3.8, 4) is 22.3 Å². The van der Waals surface area contributed by atoms with E-state index in [0.29, 0.717) is 5.56 Å². The molecule has 0 nitrogen and oxygen atoms in total. The molecule has 0 saturated carbocycles. The number of fused-ring (bicyclic) bond motifs is 2. The van der Waals surface area contributed by atoms with E-state index in [-0.39, 0.29) is 41.2 Å². The highest BCUT2D eigenvalue weighted by molar-refractivity contribution is 6.23. The topological polar surface area (TPSA) is 0 Å². The normalized spacial score (nSPS) is 15.7. The molecule has 0 spiro atoms. The van der Waals surface area contributed by atoms with Gasteiger partial charge in [0.1, 0.15) is 0 Å². The molecule has 38 heavy (non-hydrogen) atoms. The van der Waals surface area contributed by atoms with Crippen molar-refractivity contribution in [1.82, 2.24) is 0 Å². The molecule has 0 aromatic heterocycles. The van der Waals surface area contributed by atoms with Crippen molar-refractivity contribution in [3.05, 3.63) is 132 Å². The molecule has 0 unspecified atom stereocenters. The predicted molar refractivity (Wildman–Crippen MR) is 164 cm³/mol. The molecule has 1 aliphatic carbocycles. The first kappa shape index (κ1) is 17.2. The number of benzene rings is 7. The van der Waals surface area contributed by atoms with E-state index in [9.17, 15) is 0 Å². The first-order valence-corrected chi connectivity index (χ1v) is 13.1. The van der Waals surface area contributed by atoms with Gasteiger partial charge in [-0.1, -0.05) is 122 Å². The zero-order valence-electron chi connectivity index (χ0n) is 26.6. The molecule has 7 aromatic carbocycles. The Morgan fingerprint density at radius 2 is 1.05 bits per heavy atom. The minimum atomic E-state index is -0.383. The lowest BCUT2D eigenvalue weighted by Gasteiger charge is -2.24. The van der Waals surface area contributed by atoms with Crippen LogP contribution < -0.4 is 0 Å². The summed E-state index contributed by atoms with van der Waals surface area (Å²) in [4.78, 5) is 0. The summed E-state index contributed by atoms with van der Waals surface area (Å²) in [5.41, 5.74) is 6.88. The maximum atomic E-state index is 8.83. The van der Waals surface area contributed by atoms with E-state index < -0.39 is 0 Å². The molecule has 7 aromatic rings. The van der Waals surface area contributed by atoms with Gasteiger partial charge in [0, 0.05) is 5.41 Å². The Morgan fingerprint density at radius 3 is 1.63 bits per heavy atom. The van der Waals surface area contributed by atoms with Crippen LogP contribution in [0.3, 0.4) is 0 Å². The zero-order valence-corrected chi connectivity index (χ0v) is 21.6. The highest BCUT2D eigenvalue weighted by Crippen LogP contribution is 2.52. The van der Waals surface area contributed by atoms with Crippen LogP contribution in [0.15, 0.2) is 115 Å². The third kappa shape index (κ3) is 2.81. The van der Waals surface area contributed by atoms with Crippen LogP contribution in [0.2, 0.25) is 0 Å². The third-order valence-corrected chi connectivity index (χ3v) is 8.49. The van der Waals surface area contributed by atoms with Gasteiger partial charge < -0.3 is 0 Å². The summed E-state index contributed by atoms with van der Waals surface area (Å²) in [5, 5.41) is 8.85. The Labute approximate surface area is 230 Å². The van der Waals surface area contributed by atoms with Gasteiger partial charge in [0.25, 0.3) is 0 Å². The van der Waals surface area contributed by atoms with Crippen LogP contribution in [0, 0.1) is 6.92 Å². The number of hydrogen-bond donors (Lipinski definition) is 0. The van der Waals surface area contributed by atoms with Crippen LogP contribution in [0.25, 0.3) is 65.3 Å². The van der Waals surface area contributed by atoms with Crippen molar-refractivity contribution in [2.45, 2.75) is 26.2 Å². The van der Waals surface area contributed by atoms with Crippen LogP contribution in [0.5, 0.6) is 0 Å². The van der Waals surface area contributed by atoms with Gasteiger partial charge in [-0.15, -0.1) is 0 Å². The second kappa shape index (κ2) is 7.55. The van der Waals surface area contributed by atoms with Gasteiger partial charge in [-0.25, -0.2) is 0 Å². The first-order chi connectivity index (χ1) is 20.6. The standard InChI is InChI=1S/C38H28/c1-23-19-25-17-18-26-21-27(22-33-37(26)36(25)32(20-23)38(33,2)3)35-30-15-9-7-13-28(30)34(24-11-5-4-6-12-24)29-14-8-10-16-31(29)35/h4-22H,1-3H3/i4D,5D,6D,11D,12D. The molecular weight excluding hydrogens is 456 g/mol. The Bertz CT molecular complexity index is 2300. The van der Waals surface area contributed by atoms with Crippen LogP contribution >= 0.6 is 0 Å². The summed E-state index contributed by atoms with van der Waals surface area (Å²) in [6.45, 7) is 6.80. The molecule has 0 amide bonds. The lowest BCUT2D eigenvalue weighted by Crippen LogP contribution is -2.15. The van der Waals surface area contributed by atoms with Crippen molar-refractivity contribution in [2.75, 3.05) is 0 Å². The van der Waals surface area contributed by atoms with Crippen LogP contribution in [-0.2, 0) is 5.41 Å². The molecule has 0 heterocycles. The number of hydrogen-bond acceptors (Lipinski definition) is 0. The molecule has 8 rings (SSSR count). The molecule has 0 atom stereocenters. The molecule has 0 N–H and O–H groups in total. The van der Waals surface area contributed by atoms with Crippen molar-refractivity contribution < 1.29 is 6.85 Å². The highest BCUT2D eigenvalue weighted by Gasteiger charge is 2.34. The Hall–Kier alpha value is -4.42. The minimum absolute atomic E-state index is 0.166. The van der Waals surface area contributed by atoms with E-state index in [1.54, 1.807) is 0 Å². The summed E-state index contributed by atoms with van der Waals surface area (Å²) in [6, 6.07) is 28.5. The maximum absolute atomic E-state index is 8.83. The third-order valence-electron chi connectivity index (χ3n) is 8.49. The Kier molecular flexibility index (Phi) is 3.41. The summed E-state index contributed by atoms with van der Waals surface area (Å²) < 4.78 is 42.6. The average Bonchev–Trinajstić information content (AvgIpc) is 3.23. The van der Waals surface area contributed by atoms with E-state index in [2.05, 4.69) is 69.3 Å². The summed E-state index contributed by atoms with van der Waals surface area (Å²) in [7, 11) is 0. The van der Waals surface area contributed by atoms with E-state index >= 15 is 0 Å². The van der Waals surface area contributed by atoms with Crippen molar-refractivity contribution in [1.29, 1.82) is 0 Å². The van der Waals surface area contributed by atoms with Gasteiger partial charge in [0.2, 0.25) is 0 Å². The molecule has 0 bridgehead atoms. The number of rotatable bonds is 2. The summed E-state index contributed by atoms with van der Waals surface area (Å²) in [5.74, 6) is 0. The molecule has 0 aliphatic heterocycles. The smallest absolute Gasteiger partial charge is 0.0622 e. The van der Waals surface area contributed by atoms with E-state index in [1.165, 1.54) is 38.2 Å². The molecule has 0 fully saturated rings. The van der Waals surface area contributed by atoms with Crippen molar-refractivity contribution >= 4 is 43.1 Å². The second-order valence-electron chi connectivity index (χ2n) is 11.1. The van der Waals surface area contributed by atoms with Crippen LogP contribution in [-0.4, -0.2) is 0 Å². The SMILES string of the molecule is [2H]c1c([2H])c([2H])c(-c2c3ccccc3c(-c3cc4c5c(ccc6cc(C)cc(c65)C4(C)C)c3)c3ccccc23)c([2H])c1[2H]. The fourth-order valence-electron chi connectivity index (χ4n) is 6.84. The van der Waals surface area contributed by atoms with Gasteiger partial charge in [0.15, 0.2) is 0 Å². The van der Waals surface area contributed by atoms with Gasteiger partial charge >= 0.3 is 0 Å². The predicted octanol–water partition coefficient (Wildman–Crippen LogP) is 10.6. The largest absolute Gasteiger partial charge is 0.0629 e. The molecule has 0 saturated heterocycles. The minimum Gasteiger partial charge on any atom is -0.0622 e. The molecule has 0 radical (unpaired) electrons. The van der Waals surface area contributed by atoms with Crippen LogP contribution in [0.1, 0.15) is 37.4 Å². The second-order valence-corrected chi connectivity index (χ2v) is 11.1. The molecule has 1 aliphatic rings. The Morgan fingerprint density at radius 1 is 0.553 bits per heavy atom. The first-order valence-electron chi connectivity index (χ1n) is 15.6. The van der Waals surface area contributed by atoms with Gasteiger partial charge in [-0.3, -0.25) is 0 Å². The molecule has 180 valence electrons. The van der Waals surface area contributed by atoms with Crippen molar-refractivity contribution in [3.63, 3.8) is 0 Å². The monoisotopic (exact) mass is 489 g/mol. The maximum Gasteiger partial charge on any atom is 0.0629 e. The van der Waals surface area contributed by atoms with Gasteiger partial charge in [-0.05, 0) is 95.5 Å². The average molecular weight is 490 g/mol. The van der Waals surface area contributed by atoms with Crippen molar-refractivity contribution in [2.24, 2.45) is 0 Å². The summed E-state index contributed by atoms with van der Waals surface area (Å²) >= 11 is 0. The lowest BCUT2D eigenvalue weighted by molar-refractivity contribution is 0.662. The summed E-state index contributed by atoms with van der Waals surface area (Å²) in [6.07, 6.45) is 0. The fourth-order valence-corrected chi connectivity index (χ4v) is 6.84. The lowest BCUT2D eigenvalue weighted by atomic mass is 9.79. The van der Waals surface area contributed by atoms with Gasteiger partial charge in [0.05, 0.1) is 6.85 Å². The van der Waals surface area contributed by atoms with E-state index in [1.807, 2.05) is 36.4 Å². The van der Waals surface area contributed by atoms with E-state index in [4.69, 9.17) is 6.85 Å². The Balaban J connectivity index is 1.52. The zero-order chi connectivity index (χ0) is 29.9. The highest BCUT2D eigenvalue weighted by atomic mass is 14.4. The van der Waals surface area contributed by atoms with Gasteiger partial charge in [-0.2, -0.15) is 0 Å². The fraction of sp³-hybridized carbons (Fsp3) is 0.105. The molecule has 0 heteroatoms. The number of aryl methyl sites for hydroxylation is 1. The van der Waals surface area contributed by atoms with Crippen LogP contribution in [0.4, 0.5) is 0 Å². The molecular formula is C38H28.